The van der Waals surface area contributed by atoms with Gasteiger partial charge in [-0.1, -0.05) is 18.2 Å². The van der Waals surface area contributed by atoms with Gasteiger partial charge in [0.15, 0.2) is 16.6 Å². The highest BCUT2D eigenvalue weighted by atomic mass is 32.1. The van der Waals surface area contributed by atoms with Crippen LogP contribution in [0.3, 0.4) is 0 Å². The zero-order valence-electron chi connectivity index (χ0n) is 20.1. The molecule has 0 radical (unpaired) electrons. The average molecular weight is 483 g/mol. The van der Waals surface area contributed by atoms with Gasteiger partial charge in [-0.05, 0) is 48.1 Å². The van der Waals surface area contributed by atoms with E-state index >= 15 is 0 Å². The Morgan fingerprint density at radius 1 is 0.706 bits per heavy atom. The van der Waals surface area contributed by atoms with Crippen molar-refractivity contribution >= 4 is 23.0 Å². The van der Waals surface area contributed by atoms with Gasteiger partial charge in [0.1, 0.15) is 17.2 Å². The van der Waals surface area contributed by atoms with Crippen molar-refractivity contribution in [3.8, 4) is 28.7 Å². The fourth-order valence-corrected chi connectivity index (χ4v) is 3.72. The van der Waals surface area contributed by atoms with Crippen LogP contribution >= 0.6 is 12.2 Å². The maximum absolute atomic E-state index is 5.83. The minimum atomic E-state index is 0.478. The highest BCUT2D eigenvalue weighted by molar-refractivity contribution is 7.80. The van der Waals surface area contributed by atoms with Gasteiger partial charge in [-0.3, -0.25) is 0 Å². The van der Waals surface area contributed by atoms with Crippen LogP contribution in [0.2, 0.25) is 0 Å². The molecule has 3 rings (SSSR count). The Labute approximate surface area is 206 Å². The number of nitrogens with zero attached hydrogens (tertiary/aromatic N) is 1. The molecule has 0 heterocycles. The van der Waals surface area contributed by atoms with Crippen LogP contribution in [-0.4, -0.2) is 45.6 Å². The van der Waals surface area contributed by atoms with Crippen LogP contribution in [0, 0.1) is 0 Å². The second-order valence-electron chi connectivity index (χ2n) is 7.39. The van der Waals surface area contributed by atoms with E-state index in [1.807, 2.05) is 60.7 Å². The van der Waals surface area contributed by atoms with E-state index in [0.717, 1.165) is 28.3 Å². The molecular weight excluding hydrogens is 452 g/mol. The Morgan fingerprint density at radius 3 is 1.97 bits per heavy atom. The maximum atomic E-state index is 5.83. The van der Waals surface area contributed by atoms with Crippen molar-refractivity contribution in [3.63, 3.8) is 0 Å². The van der Waals surface area contributed by atoms with E-state index in [-0.39, 0.29) is 0 Å². The van der Waals surface area contributed by atoms with E-state index in [1.165, 1.54) is 0 Å². The average Bonchev–Trinajstić information content (AvgIpc) is 2.88. The summed E-state index contributed by atoms with van der Waals surface area (Å²) in [5, 5.41) is 3.88. The summed E-state index contributed by atoms with van der Waals surface area (Å²) in [7, 11) is 8.12. The van der Waals surface area contributed by atoms with Crippen LogP contribution in [0.15, 0.2) is 60.7 Å². The van der Waals surface area contributed by atoms with Crippen molar-refractivity contribution in [2.75, 3.05) is 40.9 Å². The zero-order valence-corrected chi connectivity index (χ0v) is 20.9. The van der Waals surface area contributed by atoms with Crippen molar-refractivity contribution in [2.45, 2.75) is 13.1 Å². The molecule has 0 amide bonds. The van der Waals surface area contributed by atoms with Gasteiger partial charge in [-0.25, -0.2) is 0 Å². The number of ether oxygens (including phenoxy) is 5. The molecule has 7 nitrogen and oxygen atoms in total. The van der Waals surface area contributed by atoms with Crippen molar-refractivity contribution in [3.05, 3.63) is 71.8 Å². The molecule has 1 N–H and O–H groups in total. The molecule has 0 spiro atoms. The van der Waals surface area contributed by atoms with Gasteiger partial charge in [0.25, 0.3) is 0 Å². The van der Waals surface area contributed by atoms with Gasteiger partial charge < -0.3 is 33.9 Å². The number of methoxy groups -OCH3 is 5. The van der Waals surface area contributed by atoms with E-state index in [0.29, 0.717) is 35.5 Å². The van der Waals surface area contributed by atoms with Crippen LogP contribution in [0.5, 0.6) is 28.7 Å². The lowest BCUT2D eigenvalue weighted by Crippen LogP contribution is -2.34. The van der Waals surface area contributed by atoms with Crippen LogP contribution in [0.25, 0.3) is 0 Å². The Kier molecular flexibility index (Phi) is 8.81. The molecule has 0 aromatic heterocycles. The van der Waals surface area contributed by atoms with E-state index in [9.17, 15) is 0 Å². The quantitative estimate of drug-likeness (QED) is 0.399. The Bertz CT molecular complexity index is 1100. The molecule has 0 fully saturated rings. The lowest BCUT2D eigenvalue weighted by atomic mass is 10.1. The van der Waals surface area contributed by atoms with Gasteiger partial charge in [-0.2, -0.15) is 0 Å². The molecule has 0 atom stereocenters. The fraction of sp³-hybridized carbons (Fsp3) is 0.269. The van der Waals surface area contributed by atoms with Crippen molar-refractivity contribution in [1.29, 1.82) is 0 Å². The minimum Gasteiger partial charge on any atom is -0.497 e. The number of benzene rings is 3. The van der Waals surface area contributed by atoms with E-state index in [2.05, 4.69) is 10.2 Å². The molecule has 34 heavy (non-hydrogen) atoms. The molecular formula is C26H30N2O5S. The molecule has 0 aliphatic carbocycles. The van der Waals surface area contributed by atoms with E-state index in [1.54, 1.807) is 35.5 Å². The standard InChI is InChI=1S/C26H30N2O5S/c1-29-21-11-9-18(10-12-21)16-28(26(34)27-20-7-6-8-22(14-20)30-2)17-19-13-24(32-4)25(33-5)15-23(19)31-3/h6-15H,16-17H2,1-5H3,(H,27,34). The van der Waals surface area contributed by atoms with Crippen molar-refractivity contribution in [1.82, 2.24) is 4.90 Å². The Hall–Kier alpha value is -3.65. The van der Waals surface area contributed by atoms with Crippen molar-refractivity contribution < 1.29 is 23.7 Å². The van der Waals surface area contributed by atoms with Gasteiger partial charge in [0.05, 0.1) is 35.5 Å². The molecule has 0 bridgehead atoms. The third kappa shape index (κ3) is 6.23. The second kappa shape index (κ2) is 12.0. The van der Waals surface area contributed by atoms with Gasteiger partial charge >= 0.3 is 0 Å². The first kappa shape index (κ1) is 25.0. The maximum Gasteiger partial charge on any atom is 0.174 e. The predicted octanol–water partition coefficient (Wildman–Crippen LogP) is 5.13. The summed E-state index contributed by atoms with van der Waals surface area (Å²) in [5.74, 6) is 3.45. The summed E-state index contributed by atoms with van der Waals surface area (Å²) in [4.78, 5) is 2.06. The third-order valence-electron chi connectivity index (χ3n) is 5.29. The van der Waals surface area contributed by atoms with E-state index < -0.39 is 0 Å². The number of hydrogen-bond acceptors (Lipinski definition) is 6. The number of anilines is 1. The Morgan fingerprint density at radius 2 is 1.35 bits per heavy atom. The lowest BCUT2D eigenvalue weighted by molar-refractivity contribution is 0.341. The summed E-state index contributed by atoms with van der Waals surface area (Å²) < 4.78 is 27.2. The largest absolute Gasteiger partial charge is 0.497 e. The molecule has 3 aromatic carbocycles. The number of nitrogens with one attached hydrogen (secondary N) is 1. The van der Waals surface area contributed by atoms with Gasteiger partial charge in [-0.15, -0.1) is 0 Å². The first-order valence-electron chi connectivity index (χ1n) is 10.6. The Balaban J connectivity index is 1.92. The zero-order chi connectivity index (χ0) is 24.5. The van der Waals surface area contributed by atoms with Crippen LogP contribution in [0.1, 0.15) is 11.1 Å². The van der Waals surface area contributed by atoms with Crippen LogP contribution in [-0.2, 0) is 13.1 Å². The summed E-state index contributed by atoms with van der Waals surface area (Å²) in [6.45, 7) is 1.04. The molecule has 3 aromatic rings. The third-order valence-corrected chi connectivity index (χ3v) is 5.65. The van der Waals surface area contributed by atoms with Crippen LogP contribution in [0.4, 0.5) is 5.69 Å². The molecule has 0 aliphatic rings. The highest BCUT2D eigenvalue weighted by Gasteiger charge is 2.18. The molecule has 8 heteroatoms. The lowest BCUT2D eigenvalue weighted by Gasteiger charge is -2.27. The molecule has 0 unspecified atom stereocenters. The molecule has 180 valence electrons. The van der Waals surface area contributed by atoms with Gasteiger partial charge in [0, 0.05) is 36.5 Å². The van der Waals surface area contributed by atoms with Gasteiger partial charge in [0.2, 0.25) is 0 Å². The summed E-state index contributed by atoms with van der Waals surface area (Å²) >= 11 is 5.83. The second-order valence-corrected chi connectivity index (χ2v) is 7.77. The normalized spacial score (nSPS) is 10.3. The van der Waals surface area contributed by atoms with Crippen molar-refractivity contribution in [2.24, 2.45) is 0 Å². The summed E-state index contributed by atoms with van der Waals surface area (Å²) in [6, 6.07) is 19.3. The first-order valence-corrected chi connectivity index (χ1v) is 11.0. The summed E-state index contributed by atoms with van der Waals surface area (Å²) in [5.41, 5.74) is 2.82. The fourth-order valence-electron chi connectivity index (χ4n) is 3.48. The molecule has 0 aliphatic heterocycles. The predicted molar refractivity (Wildman–Crippen MR) is 138 cm³/mol. The summed E-state index contributed by atoms with van der Waals surface area (Å²) in [6.07, 6.45) is 0. The smallest absolute Gasteiger partial charge is 0.174 e. The molecule has 0 saturated heterocycles. The van der Waals surface area contributed by atoms with Crippen LogP contribution < -0.4 is 29.0 Å². The topological polar surface area (TPSA) is 61.4 Å². The SMILES string of the molecule is COc1ccc(CN(Cc2cc(OC)c(OC)cc2OC)C(=S)Nc2cccc(OC)c2)cc1. The van der Waals surface area contributed by atoms with E-state index in [4.69, 9.17) is 35.9 Å². The monoisotopic (exact) mass is 482 g/mol. The number of thiocarbonyl (C=S) groups is 1. The highest BCUT2D eigenvalue weighted by Crippen LogP contribution is 2.35. The number of rotatable bonds is 10. The number of hydrogen-bond donors (Lipinski definition) is 1. The minimum absolute atomic E-state index is 0.478. The molecule has 0 saturated carbocycles. The first-order chi connectivity index (χ1) is 16.5.